The average molecular weight is 1030 g/mol. The van der Waals surface area contributed by atoms with Crippen molar-refractivity contribution < 1.29 is 50.1 Å². The normalized spacial score (nSPS) is 14.4. The zero-order chi connectivity index (χ0) is 52.4. The molecule has 4 N–H and O–H groups in total. The van der Waals surface area contributed by atoms with Crippen LogP contribution in [-0.2, 0) is 28.7 Å². The van der Waals surface area contributed by atoms with Crippen LogP contribution in [0.15, 0.2) is 158 Å². The van der Waals surface area contributed by atoms with Crippen molar-refractivity contribution in [1.82, 2.24) is 19.8 Å². The van der Waals surface area contributed by atoms with E-state index in [1.165, 1.54) is 24.3 Å². The number of anilines is 4. The smallest absolute Gasteiger partial charge is 0.406 e. The number of hydrogen-bond acceptors (Lipinski definition) is 9. The number of hydrogen-bond donors (Lipinski definition) is 4. The molecule has 0 unspecified atom stereocenters. The summed E-state index contributed by atoms with van der Waals surface area (Å²) in [7, 11) is 0. The van der Waals surface area contributed by atoms with Crippen molar-refractivity contribution >= 4 is 56.4 Å². The van der Waals surface area contributed by atoms with Crippen molar-refractivity contribution in [1.29, 1.82) is 0 Å². The topological polar surface area (TPSA) is 142 Å². The first-order chi connectivity index (χ1) is 36.2. The van der Waals surface area contributed by atoms with Gasteiger partial charge in [0.05, 0.1) is 54.8 Å². The summed E-state index contributed by atoms with van der Waals surface area (Å²) >= 11 is 0. The fraction of sp³-hybridized carbons (Fsp3) is 0.214. The number of morpholine rings is 2. The van der Waals surface area contributed by atoms with Gasteiger partial charge in [-0.1, -0.05) is 78.9 Å². The highest BCUT2D eigenvalue weighted by Crippen LogP contribution is 2.36. The Kier molecular flexibility index (Phi) is 16.2. The maximum Gasteiger partial charge on any atom is 0.573 e. The number of alkyl halides is 6. The molecular weight excluding hydrogens is 979 g/mol. The third-order valence-corrected chi connectivity index (χ3v) is 12.4. The molecule has 8 aromatic rings. The van der Waals surface area contributed by atoms with E-state index in [1.54, 1.807) is 6.07 Å². The Morgan fingerprint density at radius 2 is 0.973 bits per heavy atom. The number of nitrogens with zero attached hydrogens (tertiary/aromatic N) is 4. The summed E-state index contributed by atoms with van der Waals surface area (Å²) in [6.07, 6.45) is -5.55. The molecule has 2 fully saturated rings. The Morgan fingerprint density at radius 1 is 0.507 bits per heavy atom. The summed E-state index contributed by atoms with van der Waals surface area (Å²) in [6, 6.07) is 39.2. The molecule has 75 heavy (non-hydrogen) atoms. The molecular formula is C56H50F6N8O5. The standard InChI is InChI=1S/C28H25F3N4O3.C28H25F3N4O2/c29-28(30,31)38-22-9-7-20(8-10-22)33-27(36)34-26-12-11-23(24-3-1-2-4-25(24)26)19-5-6-21(32-17-19)18-35-13-15-37-16-14-35;29-28(30,31)20-4-3-5-21(16-20)33-27(36)34-26-11-10-23(24-6-1-2-7-25(24)26)19-8-9-22(32-17-19)18-35-12-14-37-15-13-35/h1-12,17H,13-16,18H2,(H2,33,34,36);1-11,16-17H,12-15,18H2,(H2,33,34,36). The second kappa shape index (κ2) is 23.4. The number of halogens is 6. The molecule has 0 spiro atoms. The number of aromatic nitrogens is 2. The first kappa shape index (κ1) is 51.8. The van der Waals surface area contributed by atoms with Gasteiger partial charge in [0.25, 0.3) is 0 Å². The van der Waals surface area contributed by atoms with E-state index in [0.29, 0.717) is 17.1 Å². The molecule has 0 bridgehead atoms. The van der Waals surface area contributed by atoms with Crippen LogP contribution in [0.2, 0.25) is 0 Å². The van der Waals surface area contributed by atoms with E-state index in [-0.39, 0.29) is 11.4 Å². The second-order valence-corrected chi connectivity index (χ2v) is 17.6. The molecule has 4 amide bonds. The van der Waals surface area contributed by atoms with E-state index in [2.05, 4.69) is 51.8 Å². The number of fused-ring (bicyclic) bond motifs is 2. The molecule has 6 aromatic carbocycles. The number of carbonyl (C=O) groups excluding carboxylic acids is 2. The Bertz CT molecular complexity index is 3240. The summed E-state index contributed by atoms with van der Waals surface area (Å²) in [5.74, 6) is -0.367. The van der Waals surface area contributed by atoms with E-state index >= 15 is 0 Å². The van der Waals surface area contributed by atoms with E-state index in [9.17, 15) is 35.9 Å². The van der Waals surface area contributed by atoms with Crippen LogP contribution < -0.4 is 26.0 Å². The molecule has 0 atom stereocenters. The number of rotatable bonds is 11. The van der Waals surface area contributed by atoms with Gasteiger partial charge in [-0.25, -0.2) is 9.59 Å². The van der Waals surface area contributed by atoms with Gasteiger partial charge in [-0.3, -0.25) is 19.8 Å². The Morgan fingerprint density at radius 3 is 1.41 bits per heavy atom. The molecule has 4 heterocycles. The monoisotopic (exact) mass is 1030 g/mol. The van der Waals surface area contributed by atoms with Gasteiger partial charge < -0.3 is 35.5 Å². The highest BCUT2D eigenvalue weighted by Gasteiger charge is 2.32. The van der Waals surface area contributed by atoms with Gasteiger partial charge in [-0.2, -0.15) is 13.2 Å². The van der Waals surface area contributed by atoms with Crippen LogP contribution in [0.25, 0.3) is 43.8 Å². The van der Waals surface area contributed by atoms with E-state index < -0.39 is 30.2 Å². The lowest BCUT2D eigenvalue weighted by Gasteiger charge is -2.26. The van der Waals surface area contributed by atoms with E-state index in [4.69, 9.17) is 9.47 Å². The summed E-state index contributed by atoms with van der Waals surface area (Å²) in [5.41, 5.74) is 6.51. The molecule has 10 rings (SSSR count). The Labute approximate surface area is 427 Å². The maximum absolute atomic E-state index is 13.0. The fourth-order valence-corrected chi connectivity index (χ4v) is 8.73. The molecule has 0 aliphatic carbocycles. The summed E-state index contributed by atoms with van der Waals surface area (Å²) < 4.78 is 90.7. The SMILES string of the molecule is O=C(Nc1ccc(OC(F)(F)F)cc1)Nc1ccc(-c2ccc(CN3CCOCC3)nc2)c2ccccc12.O=C(Nc1cccc(C(F)(F)F)c1)Nc1ccc(-c2ccc(CN3CCOCC3)nc2)c2ccccc12. The number of benzene rings is 6. The quantitative estimate of drug-likeness (QED) is 0.0932. The minimum atomic E-state index is -4.78. The summed E-state index contributed by atoms with van der Waals surface area (Å²) in [6.45, 7) is 8.09. The second-order valence-electron chi connectivity index (χ2n) is 17.6. The number of amides is 4. The minimum absolute atomic E-state index is 0.0523. The van der Waals surface area contributed by atoms with Gasteiger partial charge in [-0.15, -0.1) is 13.2 Å². The van der Waals surface area contributed by atoms with Crippen molar-refractivity contribution in [3.8, 4) is 28.0 Å². The van der Waals surface area contributed by atoms with Crippen LogP contribution in [0, 0.1) is 0 Å². The van der Waals surface area contributed by atoms with Crippen molar-refractivity contribution in [3.63, 3.8) is 0 Å². The van der Waals surface area contributed by atoms with Crippen LogP contribution in [0.1, 0.15) is 17.0 Å². The van der Waals surface area contributed by atoms with Crippen LogP contribution in [0.3, 0.4) is 0 Å². The van der Waals surface area contributed by atoms with Crippen molar-refractivity contribution in [2.24, 2.45) is 0 Å². The van der Waals surface area contributed by atoms with Crippen LogP contribution in [0.4, 0.5) is 58.7 Å². The largest absolute Gasteiger partial charge is 0.573 e. The Hall–Kier alpha value is -8.10. The number of ether oxygens (including phenoxy) is 3. The third-order valence-electron chi connectivity index (χ3n) is 12.4. The Balaban J connectivity index is 0.000000184. The summed E-state index contributed by atoms with van der Waals surface area (Å²) in [4.78, 5) is 39.2. The van der Waals surface area contributed by atoms with Gasteiger partial charge in [-0.05, 0) is 88.6 Å². The number of nitrogens with one attached hydrogen (secondary N) is 4. The third kappa shape index (κ3) is 13.9. The average Bonchev–Trinajstić information content (AvgIpc) is 3.40. The maximum atomic E-state index is 13.0. The lowest BCUT2D eigenvalue weighted by atomic mass is 9.98. The number of urea groups is 2. The number of pyridine rings is 2. The molecule has 13 nitrogen and oxygen atoms in total. The predicted molar refractivity (Wildman–Crippen MR) is 276 cm³/mol. The molecule has 2 saturated heterocycles. The molecule has 386 valence electrons. The molecule has 2 aliphatic rings. The van der Waals surface area contributed by atoms with Gasteiger partial charge in [0.2, 0.25) is 0 Å². The molecule has 2 aliphatic heterocycles. The first-order valence-electron chi connectivity index (χ1n) is 23.9. The fourth-order valence-electron chi connectivity index (χ4n) is 8.73. The molecule has 0 radical (unpaired) electrons. The lowest BCUT2D eigenvalue weighted by molar-refractivity contribution is -0.274. The van der Waals surface area contributed by atoms with Gasteiger partial charge in [0.15, 0.2) is 0 Å². The van der Waals surface area contributed by atoms with Crippen LogP contribution in [-0.4, -0.2) is 90.8 Å². The first-order valence-corrected chi connectivity index (χ1v) is 23.9. The predicted octanol–water partition coefficient (Wildman–Crippen LogP) is 12.7. The highest BCUT2D eigenvalue weighted by atomic mass is 19.4. The van der Waals surface area contributed by atoms with Gasteiger partial charge >= 0.3 is 24.6 Å². The highest BCUT2D eigenvalue weighted by molar-refractivity contribution is 6.11. The molecule has 2 aromatic heterocycles. The van der Waals surface area contributed by atoms with E-state index in [0.717, 1.165) is 145 Å². The summed E-state index contributed by atoms with van der Waals surface area (Å²) in [5, 5.41) is 14.2. The number of carbonyl (C=O) groups is 2. The van der Waals surface area contributed by atoms with E-state index in [1.807, 2.05) is 97.3 Å². The van der Waals surface area contributed by atoms with Crippen LogP contribution in [0.5, 0.6) is 5.75 Å². The molecule has 0 saturated carbocycles. The zero-order valence-corrected chi connectivity index (χ0v) is 40.2. The van der Waals surface area contributed by atoms with Crippen molar-refractivity contribution in [2.45, 2.75) is 25.6 Å². The zero-order valence-electron chi connectivity index (χ0n) is 40.2. The van der Waals surface area contributed by atoms with Crippen molar-refractivity contribution in [3.05, 3.63) is 175 Å². The van der Waals surface area contributed by atoms with Crippen LogP contribution >= 0.6 is 0 Å². The minimum Gasteiger partial charge on any atom is -0.406 e. The van der Waals surface area contributed by atoms with Gasteiger partial charge in [0, 0.05) is 84.9 Å². The van der Waals surface area contributed by atoms with Crippen molar-refractivity contribution in [2.75, 3.05) is 73.9 Å². The molecule has 19 heteroatoms. The van der Waals surface area contributed by atoms with Gasteiger partial charge in [0.1, 0.15) is 5.75 Å². The lowest BCUT2D eigenvalue weighted by Crippen LogP contribution is -2.35.